The maximum atomic E-state index is 5.70. The van der Waals surface area contributed by atoms with Gasteiger partial charge in [0.05, 0.1) is 0 Å². The standard InChI is InChI=1S/C14H23N3/c1-16(2)14-4-3-9-17(11-14)10-12-5-7-13(15)8-6-12/h5-8,14H,3-4,9-11,15H2,1-2H3. The third-order valence-corrected chi connectivity index (χ3v) is 3.60. The Morgan fingerprint density at radius 3 is 2.65 bits per heavy atom. The highest BCUT2D eigenvalue weighted by Gasteiger charge is 2.20. The number of hydrogen-bond acceptors (Lipinski definition) is 3. The predicted octanol–water partition coefficient (Wildman–Crippen LogP) is 1.79. The molecule has 17 heavy (non-hydrogen) atoms. The van der Waals surface area contributed by atoms with Crippen LogP contribution in [0.15, 0.2) is 24.3 Å². The van der Waals surface area contributed by atoms with Gasteiger partial charge in [-0.25, -0.2) is 0 Å². The van der Waals surface area contributed by atoms with Crippen LogP contribution in [0.2, 0.25) is 0 Å². The number of nitrogens with two attached hydrogens (primary N) is 1. The highest BCUT2D eigenvalue weighted by molar-refractivity contribution is 5.39. The third-order valence-electron chi connectivity index (χ3n) is 3.60. The Morgan fingerprint density at radius 1 is 1.29 bits per heavy atom. The summed E-state index contributed by atoms with van der Waals surface area (Å²) < 4.78 is 0. The lowest BCUT2D eigenvalue weighted by Crippen LogP contribution is -2.44. The van der Waals surface area contributed by atoms with Crippen molar-refractivity contribution in [3.05, 3.63) is 29.8 Å². The summed E-state index contributed by atoms with van der Waals surface area (Å²) in [5.74, 6) is 0. The summed E-state index contributed by atoms with van der Waals surface area (Å²) in [6.07, 6.45) is 2.63. The van der Waals surface area contributed by atoms with Gasteiger partial charge in [-0.15, -0.1) is 0 Å². The minimum absolute atomic E-state index is 0.706. The van der Waals surface area contributed by atoms with E-state index >= 15 is 0 Å². The first-order valence-corrected chi connectivity index (χ1v) is 6.38. The topological polar surface area (TPSA) is 32.5 Å². The predicted molar refractivity (Wildman–Crippen MR) is 72.8 cm³/mol. The molecule has 0 saturated carbocycles. The molecule has 0 spiro atoms. The molecule has 1 unspecified atom stereocenters. The van der Waals surface area contributed by atoms with E-state index in [1.165, 1.54) is 31.5 Å². The molecule has 1 atom stereocenters. The van der Waals surface area contributed by atoms with Crippen molar-refractivity contribution in [2.24, 2.45) is 0 Å². The van der Waals surface area contributed by atoms with Gasteiger partial charge < -0.3 is 10.6 Å². The zero-order valence-electron chi connectivity index (χ0n) is 10.9. The number of rotatable bonds is 3. The summed E-state index contributed by atoms with van der Waals surface area (Å²) in [7, 11) is 4.36. The molecule has 0 aliphatic carbocycles. The molecule has 2 N–H and O–H groups in total. The summed E-state index contributed by atoms with van der Waals surface area (Å²) in [5.41, 5.74) is 7.91. The first-order valence-electron chi connectivity index (χ1n) is 6.38. The molecule has 1 aromatic carbocycles. The van der Waals surface area contributed by atoms with Crippen LogP contribution in [-0.4, -0.2) is 43.0 Å². The molecule has 0 amide bonds. The van der Waals surface area contributed by atoms with Crippen LogP contribution in [0.3, 0.4) is 0 Å². The van der Waals surface area contributed by atoms with Crippen LogP contribution in [0.5, 0.6) is 0 Å². The molecular weight excluding hydrogens is 210 g/mol. The van der Waals surface area contributed by atoms with E-state index in [0.29, 0.717) is 6.04 Å². The van der Waals surface area contributed by atoms with Crippen LogP contribution in [0, 0.1) is 0 Å². The SMILES string of the molecule is CN(C)C1CCCN(Cc2ccc(N)cc2)C1. The lowest BCUT2D eigenvalue weighted by atomic mass is 10.0. The molecule has 1 aliphatic heterocycles. The number of piperidine rings is 1. The number of hydrogen-bond donors (Lipinski definition) is 1. The number of benzene rings is 1. The van der Waals surface area contributed by atoms with Crippen LogP contribution in [-0.2, 0) is 6.54 Å². The van der Waals surface area contributed by atoms with Crippen LogP contribution in [0.1, 0.15) is 18.4 Å². The largest absolute Gasteiger partial charge is 0.399 e. The van der Waals surface area contributed by atoms with Crippen LogP contribution in [0.4, 0.5) is 5.69 Å². The first kappa shape index (κ1) is 12.4. The van der Waals surface area contributed by atoms with E-state index in [9.17, 15) is 0 Å². The van der Waals surface area contributed by atoms with Gasteiger partial charge in [-0.2, -0.15) is 0 Å². The minimum atomic E-state index is 0.706. The molecule has 0 radical (unpaired) electrons. The van der Waals surface area contributed by atoms with Gasteiger partial charge in [0, 0.05) is 24.8 Å². The Morgan fingerprint density at radius 2 is 2.00 bits per heavy atom. The van der Waals surface area contributed by atoms with E-state index in [1.54, 1.807) is 0 Å². The van der Waals surface area contributed by atoms with E-state index in [2.05, 4.69) is 36.0 Å². The van der Waals surface area contributed by atoms with Crippen molar-refractivity contribution in [1.82, 2.24) is 9.80 Å². The molecule has 1 aromatic rings. The van der Waals surface area contributed by atoms with Gasteiger partial charge in [-0.05, 0) is 51.2 Å². The van der Waals surface area contributed by atoms with Crippen LogP contribution < -0.4 is 5.73 Å². The normalized spacial score (nSPS) is 21.9. The van der Waals surface area contributed by atoms with Crippen molar-refractivity contribution in [2.75, 3.05) is 32.9 Å². The number of likely N-dealkylation sites (N-methyl/N-ethyl adjacent to an activating group) is 1. The second-order valence-corrected chi connectivity index (χ2v) is 5.24. The zero-order chi connectivity index (χ0) is 12.3. The summed E-state index contributed by atoms with van der Waals surface area (Å²) in [5, 5.41) is 0. The molecule has 1 fully saturated rings. The number of nitrogens with zero attached hydrogens (tertiary/aromatic N) is 2. The fourth-order valence-corrected chi connectivity index (χ4v) is 2.48. The zero-order valence-corrected chi connectivity index (χ0v) is 10.9. The molecule has 1 aliphatic rings. The average Bonchev–Trinajstić information content (AvgIpc) is 2.32. The first-order chi connectivity index (χ1) is 8.15. The molecule has 94 valence electrons. The van der Waals surface area contributed by atoms with Gasteiger partial charge >= 0.3 is 0 Å². The number of nitrogen functional groups attached to an aromatic ring is 1. The molecule has 2 rings (SSSR count). The Kier molecular flexibility index (Phi) is 4.02. The maximum absolute atomic E-state index is 5.70. The molecule has 0 aromatic heterocycles. The van der Waals surface area contributed by atoms with Crippen molar-refractivity contribution >= 4 is 5.69 Å². The summed E-state index contributed by atoms with van der Waals surface area (Å²) in [6, 6.07) is 8.95. The van der Waals surface area contributed by atoms with Gasteiger partial charge in [0.25, 0.3) is 0 Å². The van der Waals surface area contributed by atoms with E-state index in [0.717, 1.165) is 12.2 Å². The maximum Gasteiger partial charge on any atom is 0.0314 e. The van der Waals surface area contributed by atoms with Gasteiger partial charge in [-0.1, -0.05) is 12.1 Å². The van der Waals surface area contributed by atoms with E-state index in [4.69, 9.17) is 5.73 Å². The van der Waals surface area contributed by atoms with Gasteiger partial charge in [0.2, 0.25) is 0 Å². The van der Waals surface area contributed by atoms with Gasteiger partial charge in [-0.3, -0.25) is 4.90 Å². The molecular formula is C14H23N3. The van der Waals surface area contributed by atoms with Crippen molar-refractivity contribution < 1.29 is 0 Å². The molecule has 0 bridgehead atoms. The monoisotopic (exact) mass is 233 g/mol. The average molecular weight is 233 g/mol. The number of likely N-dealkylation sites (tertiary alicyclic amines) is 1. The van der Waals surface area contributed by atoms with Crippen molar-refractivity contribution in [2.45, 2.75) is 25.4 Å². The molecule has 1 saturated heterocycles. The Balaban J connectivity index is 1.92. The summed E-state index contributed by atoms with van der Waals surface area (Å²) >= 11 is 0. The van der Waals surface area contributed by atoms with Crippen molar-refractivity contribution in [3.63, 3.8) is 0 Å². The molecule has 3 nitrogen and oxygen atoms in total. The Labute approximate surface area is 104 Å². The van der Waals surface area contributed by atoms with Gasteiger partial charge in [0.15, 0.2) is 0 Å². The second-order valence-electron chi connectivity index (χ2n) is 5.24. The summed E-state index contributed by atoms with van der Waals surface area (Å²) in [6.45, 7) is 3.44. The minimum Gasteiger partial charge on any atom is -0.399 e. The Bertz CT molecular complexity index is 345. The second kappa shape index (κ2) is 5.52. The molecule has 3 heteroatoms. The molecule has 1 heterocycles. The third kappa shape index (κ3) is 3.45. The fourth-order valence-electron chi connectivity index (χ4n) is 2.48. The smallest absolute Gasteiger partial charge is 0.0314 e. The van der Waals surface area contributed by atoms with Crippen molar-refractivity contribution in [1.29, 1.82) is 0 Å². The summed E-state index contributed by atoms with van der Waals surface area (Å²) in [4.78, 5) is 4.88. The van der Waals surface area contributed by atoms with Crippen molar-refractivity contribution in [3.8, 4) is 0 Å². The Hall–Kier alpha value is -1.06. The van der Waals surface area contributed by atoms with Crippen LogP contribution in [0.25, 0.3) is 0 Å². The van der Waals surface area contributed by atoms with E-state index in [-0.39, 0.29) is 0 Å². The lowest BCUT2D eigenvalue weighted by molar-refractivity contribution is 0.128. The highest BCUT2D eigenvalue weighted by Crippen LogP contribution is 2.16. The van der Waals surface area contributed by atoms with E-state index in [1.807, 2.05) is 12.1 Å². The number of anilines is 1. The van der Waals surface area contributed by atoms with E-state index < -0.39 is 0 Å². The fraction of sp³-hybridized carbons (Fsp3) is 0.571. The van der Waals surface area contributed by atoms with Gasteiger partial charge in [0.1, 0.15) is 0 Å². The van der Waals surface area contributed by atoms with Crippen LogP contribution >= 0.6 is 0 Å². The quantitative estimate of drug-likeness (QED) is 0.808. The lowest BCUT2D eigenvalue weighted by Gasteiger charge is -2.36. The highest BCUT2D eigenvalue weighted by atomic mass is 15.2.